The highest BCUT2D eigenvalue weighted by Crippen LogP contribution is 2.34. The summed E-state index contributed by atoms with van der Waals surface area (Å²) in [6.45, 7) is 1.63. The highest BCUT2D eigenvalue weighted by molar-refractivity contribution is 5.89. The fourth-order valence-corrected chi connectivity index (χ4v) is 3.94. The van der Waals surface area contributed by atoms with Gasteiger partial charge in [0.2, 0.25) is 0 Å². The van der Waals surface area contributed by atoms with Crippen LogP contribution in [0.5, 0.6) is 0 Å². The summed E-state index contributed by atoms with van der Waals surface area (Å²) in [5.41, 5.74) is 1.63. The molecule has 0 aliphatic carbocycles. The number of ether oxygens (including phenoxy) is 1. The van der Waals surface area contributed by atoms with Crippen molar-refractivity contribution in [2.45, 2.75) is 25.5 Å². The Labute approximate surface area is 164 Å². The second-order valence-electron chi connectivity index (χ2n) is 7.53. The molecule has 2 N–H and O–H groups in total. The Morgan fingerprint density at radius 3 is 2.68 bits per heavy atom. The number of hydrogen-bond acceptors (Lipinski definition) is 5. The number of hydrogen-bond donors (Lipinski definition) is 2. The van der Waals surface area contributed by atoms with Gasteiger partial charge in [0, 0.05) is 25.0 Å². The molecule has 2 aromatic rings. The summed E-state index contributed by atoms with van der Waals surface area (Å²) in [7, 11) is 1.35. The molecule has 1 heterocycles. The fraction of sp³-hybridized carbons (Fsp3) is 0.409. The maximum absolute atomic E-state index is 13.2. The Morgan fingerprint density at radius 1 is 1.25 bits per heavy atom. The number of carbonyl (C=O) groups excluding carboxylic acids is 1. The van der Waals surface area contributed by atoms with Gasteiger partial charge in [-0.1, -0.05) is 24.3 Å². The van der Waals surface area contributed by atoms with Crippen LogP contribution < -0.4 is 0 Å². The lowest BCUT2D eigenvalue weighted by molar-refractivity contribution is -0.0768. The number of methoxy groups -OCH3 is 1. The van der Waals surface area contributed by atoms with Gasteiger partial charge < -0.3 is 14.9 Å². The van der Waals surface area contributed by atoms with Gasteiger partial charge in [0.05, 0.1) is 25.4 Å². The molecule has 0 bridgehead atoms. The van der Waals surface area contributed by atoms with Crippen molar-refractivity contribution in [3.05, 3.63) is 71.0 Å². The summed E-state index contributed by atoms with van der Waals surface area (Å²) in [6, 6.07) is 13.4. The van der Waals surface area contributed by atoms with Crippen LogP contribution >= 0.6 is 0 Å². The summed E-state index contributed by atoms with van der Waals surface area (Å²) < 4.78 is 18.0. The smallest absolute Gasteiger partial charge is 0.337 e. The largest absolute Gasteiger partial charge is 0.465 e. The Hall–Kier alpha value is -2.28. The van der Waals surface area contributed by atoms with Crippen LogP contribution in [0, 0.1) is 11.2 Å². The van der Waals surface area contributed by atoms with E-state index in [9.17, 15) is 19.4 Å². The van der Waals surface area contributed by atoms with E-state index in [1.165, 1.54) is 19.2 Å². The van der Waals surface area contributed by atoms with Crippen molar-refractivity contribution in [1.29, 1.82) is 0 Å². The predicted octanol–water partition coefficient (Wildman–Crippen LogP) is 2.40. The third kappa shape index (κ3) is 4.58. The molecule has 1 saturated heterocycles. The molecule has 0 unspecified atom stereocenters. The van der Waals surface area contributed by atoms with Crippen molar-refractivity contribution in [2.75, 3.05) is 26.8 Å². The average Bonchev–Trinajstić information content (AvgIpc) is 2.72. The average molecular weight is 387 g/mol. The minimum absolute atomic E-state index is 0.162. The lowest BCUT2D eigenvalue weighted by Gasteiger charge is -2.45. The summed E-state index contributed by atoms with van der Waals surface area (Å²) in [5.74, 6) is -0.685. The lowest BCUT2D eigenvalue weighted by atomic mass is 9.73. The van der Waals surface area contributed by atoms with Crippen LogP contribution in [0.1, 0.15) is 27.9 Å². The van der Waals surface area contributed by atoms with Crippen molar-refractivity contribution in [3.8, 4) is 0 Å². The second kappa shape index (κ2) is 8.82. The summed E-state index contributed by atoms with van der Waals surface area (Å²) in [4.78, 5) is 13.9. The summed E-state index contributed by atoms with van der Waals surface area (Å²) >= 11 is 0. The lowest BCUT2D eigenvalue weighted by Crippen LogP contribution is -2.54. The molecule has 150 valence electrons. The molecule has 6 heteroatoms. The van der Waals surface area contributed by atoms with E-state index >= 15 is 0 Å². The number of benzene rings is 2. The molecular formula is C22H26FNO4. The van der Waals surface area contributed by atoms with Gasteiger partial charge >= 0.3 is 5.97 Å². The molecule has 1 fully saturated rings. The van der Waals surface area contributed by atoms with Crippen LogP contribution in [0.25, 0.3) is 0 Å². The normalized spacial score (nSPS) is 22.8. The molecule has 2 aromatic carbocycles. The van der Waals surface area contributed by atoms with Crippen LogP contribution in [0.4, 0.5) is 4.39 Å². The number of rotatable bonds is 6. The number of likely N-dealkylation sites (tertiary alicyclic amines) is 1. The number of aliphatic hydroxyl groups is 2. The van der Waals surface area contributed by atoms with Gasteiger partial charge in [-0.2, -0.15) is 0 Å². The van der Waals surface area contributed by atoms with Crippen molar-refractivity contribution in [3.63, 3.8) is 0 Å². The zero-order valence-electron chi connectivity index (χ0n) is 16.0. The highest BCUT2D eigenvalue weighted by atomic mass is 19.1. The van der Waals surface area contributed by atoms with Crippen LogP contribution in [0.15, 0.2) is 48.5 Å². The monoisotopic (exact) mass is 387 g/mol. The topological polar surface area (TPSA) is 70.0 Å². The Kier molecular flexibility index (Phi) is 6.44. The number of piperidine rings is 1. The first-order chi connectivity index (χ1) is 13.5. The molecule has 0 saturated carbocycles. The first-order valence-corrected chi connectivity index (χ1v) is 9.39. The van der Waals surface area contributed by atoms with Gasteiger partial charge in [-0.15, -0.1) is 0 Å². The van der Waals surface area contributed by atoms with Crippen LogP contribution in [-0.4, -0.2) is 54.0 Å². The van der Waals surface area contributed by atoms with Crippen LogP contribution in [0.2, 0.25) is 0 Å². The van der Waals surface area contributed by atoms with Gasteiger partial charge in [0.1, 0.15) is 5.82 Å². The van der Waals surface area contributed by atoms with E-state index in [1.807, 2.05) is 12.1 Å². The first kappa shape index (κ1) is 20.5. The quantitative estimate of drug-likeness (QED) is 0.745. The molecule has 28 heavy (non-hydrogen) atoms. The van der Waals surface area contributed by atoms with E-state index in [4.69, 9.17) is 4.74 Å². The van der Waals surface area contributed by atoms with Gasteiger partial charge in [-0.3, -0.25) is 4.90 Å². The summed E-state index contributed by atoms with van der Waals surface area (Å²) in [5, 5.41) is 20.8. The van der Waals surface area contributed by atoms with E-state index in [1.54, 1.807) is 24.3 Å². The van der Waals surface area contributed by atoms with E-state index in [-0.39, 0.29) is 18.4 Å². The van der Waals surface area contributed by atoms with Gasteiger partial charge in [-0.05, 0) is 48.2 Å². The Bertz CT molecular complexity index is 810. The zero-order chi connectivity index (χ0) is 20.1. The second-order valence-corrected chi connectivity index (χ2v) is 7.53. The Morgan fingerprint density at radius 2 is 2.00 bits per heavy atom. The maximum Gasteiger partial charge on any atom is 0.337 e. The minimum Gasteiger partial charge on any atom is -0.465 e. The fourth-order valence-electron chi connectivity index (χ4n) is 3.94. The standard InChI is InChI=1S/C22H26FNO4/c1-28-21(27)18-4-2-3-17(11-18)13-24-10-9-20(26)22(14-24,15-25)12-16-5-7-19(23)8-6-16/h2-8,11,20,25-26H,9-10,12-15H2,1H3/t20-,22-/m0/s1. The minimum atomic E-state index is -0.712. The molecule has 0 radical (unpaired) electrons. The van der Waals surface area contributed by atoms with E-state index < -0.39 is 11.5 Å². The molecule has 0 spiro atoms. The van der Waals surface area contributed by atoms with Crippen molar-refractivity contribution in [1.82, 2.24) is 4.90 Å². The van der Waals surface area contributed by atoms with Crippen LogP contribution in [0.3, 0.4) is 0 Å². The van der Waals surface area contributed by atoms with E-state index in [2.05, 4.69) is 4.90 Å². The molecule has 2 atom stereocenters. The number of carbonyl (C=O) groups is 1. The molecule has 1 aliphatic heterocycles. The van der Waals surface area contributed by atoms with Crippen LogP contribution in [-0.2, 0) is 17.7 Å². The molecular weight excluding hydrogens is 361 g/mol. The van der Waals surface area contributed by atoms with Gasteiger partial charge in [0.15, 0.2) is 0 Å². The highest BCUT2D eigenvalue weighted by Gasteiger charge is 2.42. The van der Waals surface area contributed by atoms with Crippen molar-refractivity contribution >= 4 is 5.97 Å². The molecule has 0 aromatic heterocycles. The maximum atomic E-state index is 13.2. The number of aliphatic hydroxyl groups excluding tert-OH is 2. The number of nitrogens with zero attached hydrogens (tertiary/aromatic N) is 1. The molecule has 0 amide bonds. The third-order valence-electron chi connectivity index (χ3n) is 5.50. The van der Waals surface area contributed by atoms with E-state index in [0.717, 1.165) is 11.1 Å². The van der Waals surface area contributed by atoms with Gasteiger partial charge in [0.25, 0.3) is 0 Å². The number of esters is 1. The van der Waals surface area contributed by atoms with Crippen molar-refractivity contribution in [2.24, 2.45) is 5.41 Å². The van der Waals surface area contributed by atoms with Crippen molar-refractivity contribution < 1.29 is 24.1 Å². The molecule has 3 rings (SSSR count). The zero-order valence-corrected chi connectivity index (χ0v) is 16.0. The first-order valence-electron chi connectivity index (χ1n) is 9.39. The molecule has 1 aliphatic rings. The predicted molar refractivity (Wildman–Crippen MR) is 103 cm³/mol. The van der Waals surface area contributed by atoms with E-state index in [0.29, 0.717) is 38.0 Å². The van der Waals surface area contributed by atoms with Gasteiger partial charge in [-0.25, -0.2) is 9.18 Å². The summed E-state index contributed by atoms with van der Waals surface area (Å²) in [6.07, 6.45) is 0.363. The third-order valence-corrected chi connectivity index (χ3v) is 5.50. The number of halogens is 1. The molecule has 5 nitrogen and oxygen atoms in total. The Balaban J connectivity index is 1.75. The SMILES string of the molecule is COC(=O)c1cccc(CN2CC[C@H](O)[C@@](CO)(Cc3ccc(F)cc3)C2)c1.